The number of rotatable bonds is 9. The minimum Gasteiger partial charge on any atom is -0.481 e. The van der Waals surface area contributed by atoms with E-state index in [0.29, 0.717) is 12.1 Å². The zero-order valence-corrected chi connectivity index (χ0v) is 19.5. The summed E-state index contributed by atoms with van der Waals surface area (Å²) in [4.78, 5) is 36.7. The average molecular weight is 473 g/mol. The van der Waals surface area contributed by atoms with Crippen LogP contribution in [0, 0.1) is 0 Å². The first kappa shape index (κ1) is 24.0. The number of para-hydroxylation sites is 1. The van der Waals surface area contributed by atoms with Crippen molar-refractivity contribution in [1.82, 2.24) is 5.32 Å². The first-order valence-corrected chi connectivity index (χ1v) is 11.7. The van der Waals surface area contributed by atoms with Gasteiger partial charge < -0.3 is 15.2 Å². The Morgan fingerprint density at radius 3 is 2.14 bits per heavy atom. The Balaban J connectivity index is 1.43. The number of nitrogens with one attached hydrogen (secondary N) is 2. The van der Waals surface area contributed by atoms with Crippen molar-refractivity contribution >= 4 is 23.7 Å². The summed E-state index contributed by atoms with van der Waals surface area (Å²) in [6.45, 7) is 2.08. The van der Waals surface area contributed by atoms with Crippen LogP contribution in [0.15, 0.2) is 72.8 Å². The molecule has 7 heteroatoms. The molecule has 2 amide bonds. The average Bonchev–Trinajstić information content (AvgIpc) is 3.16. The lowest BCUT2D eigenvalue weighted by atomic mass is 9.98. The molecule has 0 radical (unpaired) electrons. The van der Waals surface area contributed by atoms with Crippen LogP contribution < -0.4 is 10.6 Å². The Morgan fingerprint density at radius 1 is 0.914 bits per heavy atom. The zero-order valence-electron chi connectivity index (χ0n) is 19.5. The largest absolute Gasteiger partial charge is 0.481 e. The molecule has 35 heavy (non-hydrogen) atoms. The summed E-state index contributed by atoms with van der Waals surface area (Å²) in [7, 11) is 0. The predicted molar refractivity (Wildman–Crippen MR) is 134 cm³/mol. The van der Waals surface area contributed by atoms with E-state index in [0.717, 1.165) is 28.7 Å². The lowest BCUT2D eigenvalue weighted by molar-refractivity contribution is -0.137. The Bertz CT molecular complexity index is 1190. The van der Waals surface area contributed by atoms with Crippen LogP contribution >= 0.6 is 0 Å². The predicted octanol–water partition coefficient (Wildman–Crippen LogP) is 5.42. The molecule has 0 spiro atoms. The second kappa shape index (κ2) is 10.9. The first-order valence-electron chi connectivity index (χ1n) is 11.7. The molecule has 3 aromatic rings. The molecule has 0 fully saturated rings. The van der Waals surface area contributed by atoms with Gasteiger partial charge in [-0.2, -0.15) is 0 Å². The van der Waals surface area contributed by atoms with Gasteiger partial charge in [0.15, 0.2) is 0 Å². The van der Waals surface area contributed by atoms with Crippen LogP contribution in [0.5, 0.6) is 0 Å². The molecule has 4 rings (SSSR count). The van der Waals surface area contributed by atoms with E-state index in [2.05, 4.69) is 22.8 Å². The van der Waals surface area contributed by atoms with Gasteiger partial charge in [0, 0.05) is 12.0 Å². The maximum absolute atomic E-state index is 12.9. The molecule has 0 saturated heterocycles. The van der Waals surface area contributed by atoms with Crippen molar-refractivity contribution in [3.05, 3.63) is 89.5 Å². The fourth-order valence-corrected chi connectivity index (χ4v) is 4.58. The minimum absolute atomic E-state index is 0.0717. The lowest BCUT2D eigenvalue weighted by Crippen LogP contribution is -2.37. The number of ether oxygens (including phenoxy) is 1. The van der Waals surface area contributed by atoms with E-state index in [-0.39, 0.29) is 24.5 Å². The van der Waals surface area contributed by atoms with Gasteiger partial charge in [0.1, 0.15) is 6.61 Å². The Kier molecular flexibility index (Phi) is 7.45. The molecule has 3 aromatic carbocycles. The number of fused-ring (bicyclic) bond motifs is 3. The van der Waals surface area contributed by atoms with E-state index in [1.54, 1.807) is 24.3 Å². The van der Waals surface area contributed by atoms with Crippen molar-refractivity contribution in [3.8, 4) is 11.1 Å². The number of benzene rings is 3. The molecule has 0 aromatic heterocycles. The molecular formula is C28H28N2O5. The fourth-order valence-electron chi connectivity index (χ4n) is 4.58. The van der Waals surface area contributed by atoms with Gasteiger partial charge in [0.2, 0.25) is 0 Å². The van der Waals surface area contributed by atoms with E-state index >= 15 is 0 Å². The summed E-state index contributed by atoms with van der Waals surface area (Å²) in [5.74, 6) is -1.49. The highest BCUT2D eigenvalue weighted by Gasteiger charge is 2.29. The number of hydrogen-bond acceptors (Lipinski definition) is 4. The molecule has 3 N–H and O–H groups in total. The summed E-state index contributed by atoms with van der Waals surface area (Å²) >= 11 is 0. The molecule has 1 aliphatic rings. The van der Waals surface area contributed by atoms with Crippen LogP contribution in [0.1, 0.15) is 53.6 Å². The van der Waals surface area contributed by atoms with Gasteiger partial charge >= 0.3 is 12.1 Å². The van der Waals surface area contributed by atoms with E-state index in [1.165, 1.54) is 0 Å². The molecule has 7 nitrogen and oxygen atoms in total. The second-order valence-corrected chi connectivity index (χ2v) is 8.55. The van der Waals surface area contributed by atoms with Crippen LogP contribution in [-0.4, -0.2) is 35.7 Å². The number of carbonyl (C=O) groups excluding carboxylic acids is 2. The molecule has 0 unspecified atom stereocenters. The van der Waals surface area contributed by atoms with Gasteiger partial charge in [0.25, 0.3) is 5.91 Å². The van der Waals surface area contributed by atoms with E-state index < -0.39 is 24.0 Å². The maximum Gasteiger partial charge on any atom is 0.411 e. The number of carboxylic acid groups (broad SMARTS) is 1. The first-order chi connectivity index (χ1) is 17.0. The Morgan fingerprint density at radius 2 is 1.51 bits per heavy atom. The van der Waals surface area contributed by atoms with Gasteiger partial charge in [-0.25, -0.2) is 4.79 Å². The molecule has 0 heterocycles. The fraction of sp³-hybridized carbons (Fsp3) is 0.250. The van der Waals surface area contributed by atoms with E-state index in [1.807, 2.05) is 43.3 Å². The van der Waals surface area contributed by atoms with Crippen LogP contribution in [-0.2, 0) is 9.53 Å². The summed E-state index contributed by atoms with van der Waals surface area (Å²) in [5.41, 5.74) is 5.05. The third-order valence-electron chi connectivity index (χ3n) is 6.15. The minimum atomic E-state index is -0.978. The molecule has 1 atom stereocenters. The Labute approximate surface area is 204 Å². The number of aliphatic carboxylic acids is 1. The van der Waals surface area contributed by atoms with Crippen molar-refractivity contribution in [2.45, 2.75) is 38.1 Å². The molecular weight excluding hydrogens is 444 g/mol. The number of amides is 2. The van der Waals surface area contributed by atoms with Gasteiger partial charge in [-0.3, -0.25) is 14.9 Å². The molecule has 0 saturated carbocycles. The molecule has 180 valence electrons. The lowest BCUT2D eigenvalue weighted by Gasteiger charge is -2.18. The standard InChI is InChI=1S/C28H28N2O5/c1-2-9-18(16-26(31)32)29-27(33)23-14-7-8-15-25(23)30-28(34)35-17-24-21-12-5-3-10-19(21)20-11-4-6-13-22(20)24/h3-8,10-15,18,24H,2,9,16-17H2,1H3,(H,29,33)(H,30,34)(H,31,32)/t18-/m0/s1. The molecule has 1 aliphatic carbocycles. The monoisotopic (exact) mass is 472 g/mol. The number of anilines is 1. The topological polar surface area (TPSA) is 105 Å². The molecule has 0 aliphatic heterocycles. The maximum atomic E-state index is 12.9. The van der Waals surface area contributed by atoms with Crippen molar-refractivity contribution in [2.75, 3.05) is 11.9 Å². The van der Waals surface area contributed by atoms with Crippen molar-refractivity contribution in [1.29, 1.82) is 0 Å². The van der Waals surface area contributed by atoms with E-state index in [4.69, 9.17) is 9.84 Å². The van der Waals surface area contributed by atoms with E-state index in [9.17, 15) is 14.4 Å². The highest BCUT2D eigenvalue weighted by molar-refractivity contribution is 6.02. The number of carbonyl (C=O) groups is 3. The highest BCUT2D eigenvalue weighted by Crippen LogP contribution is 2.44. The third kappa shape index (κ3) is 5.51. The Hall–Kier alpha value is -4.13. The van der Waals surface area contributed by atoms with Gasteiger partial charge in [-0.05, 0) is 40.8 Å². The van der Waals surface area contributed by atoms with Gasteiger partial charge in [-0.15, -0.1) is 0 Å². The van der Waals surface area contributed by atoms with Crippen LogP contribution in [0.3, 0.4) is 0 Å². The smallest absolute Gasteiger partial charge is 0.411 e. The van der Waals surface area contributed by atoms with Crippen molar-refractivity contribution in [2.24, 2.45) is 0 Å². The van der Waals surface area contributed by atoms with Gasteiger partial charge in [0.05, 0.1) is 17.7 Å². The zero-order chi connectivity index (χ0) is 24.8. The summed E-state index contributed by atoms with van der Waals surface area (Å²) in [5, 5.41) is 14.6. The number of carboxylic acids is 1. The van der Waals surface area contributed by atoms with Crippen LogP contribution in [0.25, 0.3) is 11.1 Å². The second-order valence-electron chi connectivity index (χ2n) is 8.55. The van der Waals surface area contributed by atoms with Gasteiger partial charge in [-0.1, -0.05) is 74.0 Å². The summed E-state index contributed by atoms with van der Waals surface area (Å²) < 4.78 is 5.59. The third-order valence-corrected chi connectivity index (χ3v) is 6.15. The van der Waals surface area contributed by atoms with Crippen molar-refractivity contribution < 1.29 is 24.2 Å². The normalized spacial score (nSPS) is 12.8. The van der Waals surface area contributed by atoms with Crippen LogP contribution in [0.2, 0.25) is 0 Å². The quantitative estimate of drug-likeness (QED) is 0.386. The van der Waals surface area contributed by atoms with Crippen molar-refractivity contribution in [3.63, 3.8) is 0 Å². The summed E-state index contributed by atoms with van der Waals surface area (Å²) in [6, 6.07) is 22.3. The van der Waals surface area contributed by atoms with Crippen LogP contribution in [0.4, 0.5) is 10.5 Å². The molecule has 0 bridgehead atoms. The number of hydrogen-bond donors (Lipinski definition) is 3. The SMILES string of the molecule is CCC[C@@H](CC(=O)O)NC(=O)c1ccccc1NC(=O)OCC1c2ccccc2-c2ccccc21. The summed E-state index contributed by atoms with van der Waals surface area (Å²) in [6.07, 6.45) is 0.446. The highest BCUT2D eigenvalue weighted by atomic mass is 16.5.